The number of esters is 1. The van der Waals surface area contributed by atoms with Gasteiger partial charge in [0.05, 0.1) is 29.2 Å². The Bertz CT molecular complexity index is 996. The van der Waals surface area contributed by atoms with Gasteiger partial charge in [0.2, 0.25) is 5.91 Å². The van der Waals surface area contributed by atoms with Crippen molar-refractivity contribution in [1.29, 1.82) is 0 Å². The quantitative estimate of drug-likeness (QED) is 0.617. The van der Waals surface area contributed by atoms with E-state index >= 15 is 0 Å². The Balaban J connectivity index is 1.16. The van der Waals surface area contributed by atoms with Gasteiger partial charge < -0.3 is 14.5 Å². The highest BCUT2D eigenvalue weighted by Gasteiger charge is 2.52. The number of carbonyl (C=O) groups excluding carboxylic acids is 2. The van der Waals surface area contributed by atoms with Crippen molar-refractivity contribution >= 4 is 11.9 Å². The van der Waals surface area contributed by atoms with Crippen molar-refractivity contribution in [2.24, 2.45) is 5.41 Å². The molecule has 3 aliphatic heterocycles. The second-order valence-corrected chi connectivity index (χ2v) is 8.46. The summed E-state index contributed by atoms with van der Waals surface area (Å²) in [5.41, 5.74) is 1.28. The molecule has 0 bridgehead atoms. The van der Waals surface area contributed by atoms with Crippen LogP contribution in [-0.4, -0.2) is 84.1 Å². The molecule has 2 saturated heterocycles. The zero-order valence-corrected chi connectivity index (χ0v) is 17.3. The molecule has 1 unspecified atom stereocenters. The molecule has 31 heavy (non-hydrogen) atoms. The molecule has 5 heterocycles. The first-order chi connectivity index (χ1) is 15.0. The van der Waals surface area contributed by atoms with Gasteiger partial charge in [-0.05, 0) is 49.7 Å². The van der Waals surface area contributed by atoms with Crippen LogP contribution >= 0.6 is 0 Å². The Hall–Kier alpha value is -3.21. The number of rotatable bonds is 5. The molecule has 0 saturated carbocycles. The summed E-state index contributed by atoms with van der Waals surface area (Å²) >= 11 is 0. The Kier molecular flexibility index (Phi) is 4.97. The molecule has 2 aromatic heterocycles. The molecule has 0 N–H and O–H groups in total. The van der Waals surface area contributed by atoms with E-state index in [0.717, 1.165) is 51.0 Å². The molecule has 2 aromatic rings. The van der Waals surface area contributed by atoms with Crippen molar-refractivity contribution in [3.63, 3.8) is 0 Å². The smallest absolute Gasteiger partial charge is 0.333 e. The second-order valence-electron chi connectivity index (χ2n) is 8.46. The van der Waals surface area contributed by atoms with Crippen LogP contribution in [-0.2, 0) is 20.7 Å². The number of amides is 1. The van der Waals surface area contributed by atoms with E-state index in [0.29, 0.717) is 11.5 Å². The number of ether oxygens (including phenoxy) is 1. The second kappa shape index (κ2) is 7.80. The highest BCUT2D eigenvalue weighted by Crippen LogP contribution is 2.46. The van der Waals surface area contributed by atoms with Gasteiger partial charge in [-0.25, -0.2) is 9.78 Å². The summed E-state index contributed by atoms with van der Waals surface area (Å²) < 4.78 is 6.48. The highest BCUT2D eigenvalue weighted by molar-refractivity contribution is 5.91. The van der Waals surface area contributed by atoms with Gasteiger partial charge in [0.1, 0.15) is 12.9 Å². The molecule has 2 fully saturated rings. The predicted octanol–water partition coefficient (Wildman–Crippen LogP) is 0.139. The number of carbonyl (C=O) groups is 2. The zero-order valence-electron chi connectivity index (χ0n) is 17.3. The van der Waals surface area contributed by atoms with Crippen molar-refractivity contribution < 1.29 is 14.3 Å². The van der Waals surface area contributed by atoms with Gasteiger partial charge in [0, 0.05) is 25.1 Å². The molecule has 5 rings (SSSR count). The molecule has 1 spiro atoms. The number of likely N-dealkylation sites (tertiary alicyclic amines) is 2. The van der Waals surface area contributed by atoms with Gasteiger partial charge >= 0.3 is 5.97 Å². The molecule has 1 amide bonds. The number of hydrogen-bond donors (Lipinski definition) is 0. The van der Waals surface area contributed by atoms with Gasteiger partial charge in [-0.2, -0.15) is 4.68 Å². The summed E-state index contributed by atoms with van der Waals surface area (Å²) in [5, 5.41) is 11.0. The third-order valence-electron chi connectivity index (χ3n) is 6.53. The van der Waals surface area contributed by atoms with Gasteiger partial charge in [-0.3, -0.25) is 9.78 Å². The van der Waals surface area contributed by atoms with Crippen molar-refractivity contribution in [2.75, 3.05) is 26.2 Å². The van der Waals surface area contributed by atoms with Gasteiger partial charge in [-0.15, -0.1) is 5.10 Å². The van der Waals surface area contributed by atoms with Gasteiger partial charge in [0.25, 0.3) is 0 Å². The van der Waals surface area contributed by atoms with E-state index in [2.05, 4.69) is 37.3 Å². The average Bonchev–Trinajstić information content (AvgIpc) is 3.50. The van der Waals surface area contributed by atoms with Crippen LogP contribution in [0.1, 0.15) is 31.9 Å². The van der Waals surface area contributed by atoms with E-state index in [1.54, 1.807) is 17.3 Å². The topological polar surface area (TPSA) is 119 Å². The summed E-state index contributed by atoms with van der Waals surface area (Å²) in [4.78, 5) is 37.7. The first-order valence-electron chi connectivity index (χ1n) is 10.5. The van der Waals surface area contributed by atoms with Crippen molar-refractivity contribution in [1.82, 2.24) is 40.0 Å². The lowest BCUT2D eigenvalue weighted by atomic mass is 9.76. The van der Waals surface area contributed by atoms with Crippen LogP contribution in [0.5, 0.6) is 0 Å². The molecule has 162 valence electrons. The lowest BCUT2D eigenvalue weighted by Gasteiger charge is -2.38. The van der Waals surface area contributed by atoms with Gasteiger partial charge in [-0.1, -0.05) is 0 Å². The molecule has 0 radical (unpaired) electrons. The van der Waals surface area contributed by atoms with Gasteiger partial charge in [0.15, 0.2) is 5.82 Å². The molecular formula is C20H24N8O3. The minimum absolute atomic E-state index is 0.0915. The normalized spacial score (nSPS) is 23.5. The Labute approximate surface area is 179 Å². The minimum atomic E-state index is -0.361. The number of hydrogen-bond acceptors (Lipinski definition) is 9. The predicted molar refractivity (Wildman–Crippen MR) is 107 cm³/mol. The number of cyclic esters (lactones) is 1. The Morgan fingerprint density at radius 2 is 2.03 bits per heavy atom. The van der Waals surface area contributed by atoms with Crippen molar-refractivity contribution in [3.8, 4) is 5.82 Å². The Morgan fingerprint density at radius 1 is 1.19 bits per heavy atom. The lowest BCUT2D eigenvalue weighted by Crippen LogP contribution is -2.45. The first kappa shape index (κ1) is 19.7. The summed E-state index contributed by atoms with van der Waals surface area (Å²) in [6.45, 7) is 4.87. The van der Waals surface area contributed by atoms with E-state index in [9.17, 15) is 9.59 Å². The maximum absolute atomic E-state index is 13.3. The van der Waals surface area contributed by atoms with E-state index in [4.69, 9.17) is 4.74 Å². The zero-order chi connectivity index (χ0) is 21.4. The van der Waals surface area contributed by atoms with Crippen LogP contribution in [0.25, 0.3) is 5.82 Å². The maximum atomic E-state index is 13.3. The van der Waals surface area contributed by atoms with E-state index in [-0.39, 0.29) is 29.9 Å². The minimum Gasteiger partial charge on any atom is -0.456 e. The molecular weight excluding hydrogens is 400 g/mol. The van der Waals surface area contributed by atoms with Crippen LogP contribution < -0.4 is 0 Å². The third-order valence-corrected chi connectivity index (χ3v) is 6.53. The molecule has 3 aliphatic rings. The summed E-state index contributed by atoms with van der Waals surface area (Å²) in [7, 11) is 0. The fourth-order valence-corrected chi connectivity index (χ4v) is 4.87. The van der Waals surface area contributed by atoms with E-state index in [1.165, 1.54) is 17.1 Å². The maximum Gasteiger partial charge on any atom is 0.333 e. The molecule has 0 aromatic carbocycles. The number of aromatic nitrogens is 6. The van der Waals surface area contributed by atoms with Crippen LogP contribution in [0.2, 0.25) is 0 Å². The largest absolute Gasteiger partial charge is 0.456 e. The Morgan fingerprint density at radius 3 is 2.68 bits per heavy atom. The summed E-state index contributed by atoms with van der Waals surface area (Å²) in [6, 6.07) is 0.0915. The van der Waals surface area contributed by atoms with Crippen molar-refractivity contribution in [3.05, 3.63) is 36.2 Å². The summed E-state index contributed by atoms with van der Waals surface area (Å²) in [6.07, 6.45) is 9.63. The van der Waals surface area contributed by atoms with Crippen molar-refractivity contribution in [2.45, 2.75) is 38.6 Å². The molecule has 11 heteroatoms. The first-order valence-corrected chi connectivity index (χ1v) is 10.5. The number of tetrazole rings is 1. The number of nitrogens with zero attached hydrogens (tertiary/aromatic N) is 8. The molecule has 0 aliphatic carbocycles. The highest BCUT2D eigenvalue weighted by atomic mass is 16.5. The van der Waals surface area contributed by atoms with Crippen LogP contribution in [0.3, 0.4) is 0 Å². The monoisotopic (exact) mass is 424 g/mol. The standard InChI is InChI=1S/C20H24N8O3/c1-14-9-20(19(30)28(14)16-8-18(29)31-12-16)3-6-26(7-4-20)5-2-15-10-22-17(11-21-15)27-13-23-24-25-27/h8,10-11,13-14H,2-7,9,12H2,1H3. The fourth-order valence-electron chi connectivity index (χ4n) is 4.87. The van der Waals surface area contributed by atoms with E-state index < -0.39 is 0 Å². The number of piperidine rings is 1. The van der Waals surface area contributed by atoms with E-state index in [1.807, 2.05) is 0 Å². The average molecular weight is 424 g/mol. The van der Waals surface area contributed by atoms with Crippen LogP contribution in [0.4, 0.5) is 0 Å². The molecule has 1 atom stereocenters. The lowest BCUT2D eigenvalue weighted by molar-refractivity contribution is -0.138. The SMILES string of the molecule is CC1CC2(CCN(CCc3cnc(-n4cnnn4)cn3)CC2)C(=O)N1C1=CC(=O)OC1. The third kappa shape index (κ3) is 3.69. The van der Waals surface area contributed by atoms with Crippen LogP contribution in [0, 0.1) is 5.41 Å². The fraction of sp³-hybridized carbons (Fsp3) is 0.550. The van der Waals surface area contributed by atoms with Crippen LogP contribution in [0.15, 0.2) is 30.5 Å². The summed E-state index contributed by atoms with van der Waals surface area (Å²) in [5.74, 6) is 0.365. The molecule has 11 nitrogen and oxygen atoms in total.